The van der Waals surface area contributed by atoms with Crippen LogP contribution in [0.25, 0.3) is 0 Å². The van der Waals surface area contributed by atoms with Crippen LogP contribution in [-0.4, -0.2) is 34.2 Å². The molecule has 0 radical (unpaired) electrons. The SMILES string of the molecule is Cl.NCC1CCCCC1NS(=O)(=O)c1ccc2c(c1)OCCCO2. The zero-order valence-electron chi connectivity index (χ0n) is 13.6. The second kappa shape index (κ2) is 8.38. The molecule has 1 aliphatic carbocycles. The first-order valence-electron chi connectivity index (χ1n) is 8.22. The van der Waals surface area contributed by atoms with Crippen LogP contribution in [0.3, 0.4) is 0 Å². The number of ether oxygens (including phenoxy) is 2. The summed E-state index contributed by atoms with van der Waals surface area (Å²) in [5.74, 6) is 1.29. The van der Waals surface area contributed by atoms with Crippen molar-refractivity contribution in [2.75, 3.05) is 19.8 Å². The van der Waals surface area contributed by atoms with Gasteiger partial charge in [0.15, 0.2) is 11.5 Å². The number of nitrogens with two attached hydrogens (primary N) is 1. The highest BCUT2D eigenvalue weighted by Crippen LogP contribution is 2.32. The molecule has 0 aromatic heterocycles. The Labute approximate surface area is 149 Å². The first-order chi connectivity index (χ1) is 11.1. The highest BCUT2D eigenvalue weighted by Gasteiger charge is 2.29. The number of fused-ring (bicyclic) bond motifs is 1. The molecule has 1 fully saturated rings. The van der Waals surface area contributed by atoms with Crippen molar-refractivity contribution < 1.29 is 17.9 Å². The van der Waals surface area contributed by atoms with Gasteiger partial charge >= 0.3 is 0 Å². The number of sulfonamides is 1. The molecular weight excluding hydrogens is 352 g/mol. The molecule has 1 aliphatic heterocycles. The molecule has 1 heterocycles. The van der Waals surface area contributed by atoms with Gasteiger partial charge in [0.2, 0.25) is 10.0 Å². The lowest BCUT2D eigenvalue weighted by Crippen LogP contribution is -2.44. The summed E-state index contributed by atoms with van der Waals surface area (Å²) in [6, 6.07) is 4.69. The minimum absolute atomic E-state index is 0. The Balaban J connectivity index is 0.00000208. The van der Waals surface area contributed by atoms with Crippen LogP contribution < -0.4 is 19.9 Å². The van der Waals surface area contributed by atoms with E-state index in [2.05, 4.69) is 4.72 Å². The molecule has 3 N–H and O–H groups in total. The molecule has 2 atom stereocenters. The Morgan fingerprint density at radius 3 is 2.54 bits per heavy atom. The van der Waals surface area contributed by atoms with Crippen molar-refractivity contribution in [3.63, 3.8) is 0 Å². The fraction of sp³-hybridized carbons (Fsp3) is 0.625. The van der Waals surface area contributed by atoms with Crippen molar-refractivity contribution in [3.05, 3.63) is 18.2 Å². The van der Waals surface area contributed by atoms with E-state index in [1.807, 2.05) is 0 Å². The fourth-order valence-corrected chi connectivity index (χ4v) is 4.58. The van der Waals surface area contributed by atoms with Crippen molar-refractivity contribution in [2.24, 2.45) is 11.7 Å². The van der Waals surface area contributed by atoms with Gasteiger partial charge in [-0.25, -0.2) is 13.1 Å². The Morgan fingerprint density at radius 1 is 1.08 bits per heavy atom. The van der Waals surface area contributed by atoms with E-state index in [-0.39, 0.29) is 29.3 Å². The van der Waals surface area contributed by atoms with Gasteiger partial charge in [-0.1, -0.05) is 12.8 Å². The third kappa shape index (κ3) is 4.33. The average molecular weight is 377 g/mol. The number of hydrogen-bond donors (Lipinski definition) is 2. The van der Waals surface area contributed by atoms with Gasteiger partial charge in [-0.2, -0.15) is 0 Å². The lowest BCUT2D eigenvalue weighted by Gasteiger charge is -2.31. The molecule has 0 saturated heterocycles. The Bertz CT molecular complexity index is 653. The molecule has 1 aromatic rings. The highest BCUT2D eigenvalue weighted by atomic mass is 35.5. The molecule has 0 amide bonds. The molecule has 2 unspecified atom stereocenters. The van der Waals surface area contributed by atoms with Crippen LogP contribution in [0.2, 0.25) is 0 Å². The molecule has 1 saturated carbocycles. The molecular formula is C16H25ClN2O4S. The summed E-state index contributed by atoms with van der Waals surface area (Å²) in [5.41, 5.74) is 5.79. The summed E-state index contributed by atoms with van der Waals surface area (Å²) >= 11 is 0. The van der Waals surface area contributed by atoms with Crippen LogP contribution in [0, 0.1) is 5.92 Å². The Kier molecular flexibility index (Phi) is 6.74. The van der Waals surface area contributed by atoms with E-state index < -0.39 is 10.0 Å². The van der Waals surface area contributed by atoms with Gasteiger partial charge in [0.25, 0.3) is 0 Å². The van der Waals surface area contributed by atoms with Crippen LogP contribution in [0.5, 0.6) is 11.5 Å². The van der Waals surface area contributed by atoms with Crippen molar-refractivity contribution in [2.45, 2.75) is 43.0 Å². The molecule has 1 aromatic carbocycles. The van der Waals surface area contributed by atoms with Gasteiger partial charge in [-0.3, -0.25) is 0 Å². The monoisotopic (exact) mass is 376 g/mol. The minimum atomic E-state index is -3.59. The second-order valence-corrected chi connectivity index (χ2v) is 7.88. The lowest BCUT2D eigenvalue weighted by atomic mass is 9.85. The molecule has 0 spiro atoms. The highest BCUT2D eigenvalue weighted by molar-refractivity contribution is 7.89. The van der Waals surface area contributed by atoms with Crippen LogP contribution >= 0.6 is 12.4 Å². The number of benzene rings is 1. The minimum Gasteiger partial charge on any atom is -0.490 e. The Hall–Kier alpha value is -1.02. The molecule has 136 valence electrons. The maximum atomic E-state index is 12.7. The van der Waals surface area contributed by atoms with Crippen LogP contribution in [-0.2, 0) is 10.0 Å². The number of hydrogen-bond acceptors (Lipinski definition) is 5. The molecule has 8 heteroatoms. The van der Waals surface area contributed by atoms with Gasteiger partial charge in [0.05, 0.1) is 18.1 Å². The van der Waals surface area contributed by atoms with Crippen molar-refractivity contribution in [1.29, 1.82) is 0 Å². The second-order valence-electron chi connectivity index (χ2n) is 6.17. The van der Waals surface area contributed by atoms with Crippen molar-refractivity contribution in [3.8, 4) is 11.5 Å². The third-order valence-corrected chi connectivity index (χ3v) is 6.04. The fourth-order valence-electron chi connectivity index (χ4n) is 3.22. The van der Waals surface area contributed by atoms with E-state index in [0.29, 0.717) is 31.3 Å². The predicted molar refractivity (Wildman–Crippen MR) is 94.4 cm³/mol. The first kappa shape index (κ1) is 19.3. The number of halogens is 1. The zero-order valence-corrected chi connectivity index (χ0v) is 15.2. The average Bonchev–Trinajstić information content (AvgIpc) is 2.79. The molecule has 24 heavy (non-hydrogen) atoms. The van der Waals surface area contributed by atoms with Crippen molar-refractivity contribution >= 4 is 22.4 Å². The summed E-state index contributed by atoms with van der Waals surface area (Å²) in [6.07, 6.45) is 4.75. The quantitative estimate of drug-likeness (QED) is 0.839. The van der Waals surface area contributed by atoms with Crippen LogP contribution in [0.4, 0.5) is 0 Å². The smallest absolute Gasteiger partial charge is 0.240 e. The van der Waals surface area contributed by atoms with Gasteiger partial charge in [0, 0.05) is 18.5 Å². The maximum Gasteiger partial charge on any atom is 0.240 e. The standard InChI is InChI=1S/C16H24N2O4S.ClH/c17-11-12-4-1-2-5-14(12)18-23(19,20)13-6-7-15-16(10-13)22-9-3-8-21-15;/h6-7,10,12,14,18H,1-5,8-9,11,17H2;1H. The van der Waals surface area contributed by atoms with E-state index in [1.165, 1.54) is 0 Å². The van der Waals surface area contributed by atoms with Gasteiger partial charge in [-0.15, -0.1) is 12.4 Å². The summed E-state index contributed by atoms with van der Waals surface area (Å²) in [4.78, 5) is 0.211. The van der Waals surface area contributed by atoms with Crippen LogP contribution in [0.15, 0.2) is 23.1 Å². The molecule has 0 bridgehead atoms. The van der Waals surface area contributed by atoms with Crippen LogP contribution in [0.1, 0.15) is 32.1 Å². The van der Waals surface area contributed by atoms with Crippen molar-refractivity contribution in [1.82, 2.24) is 4.72 Å². The number of rotatable bonds is 4. The van der Waals surface area contributed by atoms with Gasteiger partial charge in [-0.05, 0) is 37.4 Å². The van der Waals surface area contributed by atoms with E-state index in [0.717, 1.165) is 32.1 Å². The van der Waals surface area contributed by atoms with E-state index in [1.54, 1.807) is 18.2 Å². The third-order valence-electron chi connectivity index (χ3n) is 4.55. The van der Waals surface area contributed by atoms with Gasteiger partial charge < -0.3 is 15.2 Å². The summed E-state index contributed by atoms with van der Waals surface area (Å²) in [7, 11) is -3.59. The Morgan fingerprint density at radius 2 is 1.79 bits per heavy atom. The normalized spacial score (nSPS) is 23.9. The lowest BCUT2D eigenvalue weighted by molar-refractivity contribution is 0.295. The topological polar surface area (TPSA) is 90.7 Å². The van der Waals surface area contributed by atoms with E-state index >= 15 is 0 Å². The largest absolute Gasteiger partial charge is 0.490 e. The van der Waals surface area contributed by atoms with Gasteiger partial charge in [0.1, 0.15) is 0 Å². The molecule has 6 nitrogen and oxygen atoms in total. The summed E-state index contributed by atoms with van der Waals surface area (Å²) < 4.78 is 39.3. The van der Waals surface area contributed by atoms with E-state index in [4.69, 9.17) is 15.2 Å². The maximum absolute atomic E-state index is 12.7. The summed E-state index contributed by atoms with van der Waals surface area (Å²) in [5, 5.41) is 0. The first-order valence-corrected chi connectivity index (χ1v) is 9.70. The van der Waals surface area contributed by atoms with E-state index in [9.17, 15) is 8.42 Å². The summed E-state index contributed by atoms with van der Waals surface area (Å²) in [6.45, 7) is 1.62. The number of nitrogens with one attached hydrogen (secondary N) is 1. The molecule has 3 rings (SSSR count). The predicted octanol–water partition coefficient (Wildman–Crippen LogP) is 2.07. The molecule has 2 aliphatic rings. The zero-order chi connectivity index (χ0) is 16.3.